The minimum atomic E-state index is -0.229. The molecule has 0 amide bonds. The third-order valence-corrected chi connectivity index (χ3v) is 3.41. The lowest BCUT2D eigenvalue weighted by Gasteiger charge is -2.08. The Labute approximate surface area is 111 Å². The van der Waals surface area contributed by atoms with Gasteiger partial charge in [0.2, 0.25) is 0 Å². The van der Waals surface area contributed by atoms with E-state index in [1.54, 1.807) is 7.11 Å². The summed E-state index contributed by atoms with van der Waals surface area (Å²) < 4.78 is 10.3. The molecular weight excluding hydrogens is 240 g/mol. The van der Waals surface area contributed by atoms with Gasteiger partial charge < -0.3 is 9.47 Å². The molecule has 96 valence electrons. The fourth-order valence-corrected chi connectivity index (χ4v) is 2.37. The zero-order valence-electron chi connectivity index (χ0n) is 10.9. The Morgan fingerprint density at radius 3 is 2.58 bits per heavy atom. The number of cyclic esters (lactones) is 1. The van der Waals surface area contributed by atoms with Gasteiger partial charge in [0.05, 0.1) is 12.7 Å². The summed E-state index contributed by atoms with van der Waals surface area (Å²) in [6.07, 6.45) is 0. The number of methoxy groups -OCH3 is 1. The van der Waals surface area contributed by atoms with Crippen LogP contribution in [0.25, 0.3) is 11.1 Å². The Balaban J connectivity index is 2.03. The summed E-state index contributed by atoms with van der Waals surface area (Å²) in [6.45, 7) is 2.39. The van der Waals surface area contributed by atoms with Crippen molar-refractivity contribution in [1.29, 1.82) is 0 Å². The third-order valence-electron chi connectivity index (χ3n) is 3.41. The fraction of sp³-hybridized carbons (Fsp3) is 0.188. The Kier molecular flexibility index (Phi) is 2.75. The average Bonchev–Trinajstić information content (AvgIpc) is 2.80. The summed E-state index contributed by atoms with van der Waals surface area (Å²) in [5.41, 5.74) is 4.92. The Bertz CT molecular complexity index is 659. The molecule has 0 unspecified atom stereocenters. The summed E-state index contributed by atoms with van der Waals surface area (Å²) >= 11 is 0. The van der Waals surface area contributed by atoms with E-state index in [-0.39, 0.29) is 5.97 Å². The van der Waals surface area contributed by atoms with Crippen LogP contribution in [0.5, 0.6) is 5.75 Å². The number of carbonyl (C=O) groups is 1. The van der Waals surface area contributed by atoms with E-state index in [1.165, 1.54) is 0 Å². The fourth-order valence-electron chi connectivity index (χ4n) is 2.37. The van der Waals surface area contributed by atoms with Crippen LogP contribution < -0.4 is 4.74 Å². The topological polar surface area (TPSA) is 35.5 Å². The standard InChI is InChI=1S/C16H14O3/c1-10-7-11(4-6-15(10)18-2)12-3-5-14-13(8-12)9-19-16(14)17/h3-8H,9H2,1-2H3. The number of benzene rings is 2. The lowest BCUT2D eigenvalue weighted by Crippen LogP contribution is -1.93. The molecule has 19 heavy (non-hydrogen) atoms. The maximum Gasteiger partial charge on any atom is 0.338 e. The molecule has 0 aliphatic carbocycles. The van der Waals surface area contributed by atoms with Gasteiger partial charge >= 0.3 is 5.97 Å². The van der Waals surface area contributed by atoms with Crippen LogP contribution >= 0.6 is 0 Å². The predicted octanol–water partition coefficient (Wildman–Crippen LogP) is 3.34. The SMILES string of the molecule is COc1ccc(-c2ccc3c(c2)COC3=O)cc1C. The van der Waals surface area contributed by atoms with Crippen molar-refractivity contribution < 1.29 is 14.3 Å². The van der Waals surface area contributed by atoms with E-state index in [0.717, 1.165) is 28.0 Å². The number of esters is 1. The van der Waals surface area contributed by atoms with Crippen LogP contribution in [-0.4, -0.2) is 13.1 Å². The van der Waals surface area contributed by atoms with Crippen LogP contribution in [0.15, 0.2) is 36.4 Å². The molecule has 3 rings (SSSR count). The van der Waals surface area contributed by atoms with Crippen molar-refractivity contribution >= 4 is 5.97 Å². The van der Waals surface area contributed by atoms with Crippen LogP contribution in [0.3, 0.4) is 0 Å². The minimum Gasteiger partial charge on any atom is -0.496 e. The highest BCUT2D eigenvalue weighted by atomic mass is 16.5. The summed E-state index contributed by atoms with van der Waals surface area (Å²) in [5, 5.41) is 0. The molecule has 1 heterocycles. The van der Waals surface area contributed by atoms with Crippen molar-refractivity contribution in [2.75, 3.05) is 7.11 Å². The first-order chi connectivity index (χ1) is 9.19. The van der Waals surface area contributed by atoms with Gasteiger partial charge in [0.1, 0.15) is 12.4 Å². The van der Waals surface area contributed by atoms with E-state index >= 15 is 0 Å². The van der Waals surface area contributed by atoms with Crippen molar-refractivity contribution in [3.05, 3.63) is 53.1 Å². The van der Waals surface area contributed by atoms with Gasteiger partial charge in [-0.15, -0.1) is 0 Å². The van der Waals surface area contributed by atoms with Gasteiger partial charge in [0.15, 0.2) is 0 Å². The minimum absolute atomic E-state index is 0.229. The summed E-state index contributed by atoms with van der Waals surface area (Å²) in [6, 6.07) is 11.9. The summed E-state index contributed by atoms with van der Waals surface area (Å²) in [4.78, 5) is 11.4. The third kappa shape index (κ3) is 1.97. The molecule has 1 aliphatic heterocycles. The van der Waals surface area contributed by atoms with Crippen LogP contribution in [0.2, 0.25) is 0 Å². The maximum absolute atomic E-state index is 11.4. The van der Waals surface area contributed by atoms with Crippen molar-refractivity contribution in [2.45, 2.75) is 13.5 Å². The van der Waals surface area contributed by atoms with E-state index < -0.39 is 0 Å². The second kappa shape index (κ2) is 4.43. The second-order valence-electron chi connectivity index (χ2n) is 4.63. The smallest absolute Gasteiger partial charge is 0.338 e. The van der Waals surface area contributed by atoms with Gasteiger partial charge in [-0.3, -0.25) is 0 Å². The Morgan fingerprint density at radius 1 is 1.11 bits per heavy atom. The Morgan fingerprint density at radius 2 is 1.84 bits per heavy atom. The molecule has 0 saturated carbocycles. The molecule has 0 fully saturated rings. The average molecular weight is 254 g/mol. The van der Waals surface area contributed by atoms with Gasteiger partial charge in [-0.2, -0.15) is 0 Å². The number of aryl methyl sites for hydroxylation is 1. The van der Waals surface area contributed by atoms with Crippen LogP contribution in [0.1, 0.15) is 21.5 Å². The first kappa shape index (κ1) is 11.8. The van der Waals surface area contributed by atoms with Crippen LogP contribution in [0.4, 0.5) is 0 Å². The van der Waals surface area contributed by atoms with Gasteiger partial charge in [-0.25, -0.2) is 4.79 Å². The molecule has 0 atom stereocenters. The Hall–Kier alpha value is -2.29. The highest BCUT2D eigenvalue weighted by Gasteiger charge is 2.21. The zero-order valence-corrected chi connectivity index (χ0v) is 10.9. The molecule has 0 N–H and O–H groups in total. The molecular formula is C16H14O3. The highest BCUT2D eigenvalue weighted by Crippen LogP contribution is 2.29. The number of hydrogen-bond donors (Lipinski definition) is 0. The molecule has 1 aliphatic rings. The molecule has 0 saturated heterocycles. The highest BCUT2D eigenvalue weighted by molar-refractivity contribution is 5.94. The van der Waals surface area contributed by atoms with Gasteiger partial charge in [-0.1, -0.05) is 12.1 Å². The number of rotatable bonds is 2. The van der Waals surface area contributed by atoms with Crippen molar-refractivity contribution in [2.24, 2.45) is 0 Å². The molecule has 0 bridgehead atoms. The lowest BCUT2D eigenvalue weighted by atomic mass is 9.99. The molecule has 0 aromatic heterocycles. The molecule has 2 aromatic carbocycles. The van der Waals surface area contributed by atoms with Crippen LogP contribution in [0, 0.1) is 6.92 Å². The number of hydrogen-bond acceptors (Lipinski definition) is 3. The summed E-state index contributed by atoms with van der Waals surface area (Å²) in [5.74, 6) is 0.649. The molecule has 3 nitrogen and oxygen atoms in total. The second-order valence-corrected chi connectivity index (χ2v) is 4.63. The molecule has 2 aromatic rings. The van der Waals surface area contributed by atoms with Crippen LogP contribution in [-0.2, 0) is 11.3 Å². The van der Waals surface area contributed by atoms with Gasteiger partial charge in [0, 0.05) is 5.56 Å². The lowest BCUT2D eigenvalue weighted by molar-refractivity contribution is 0.0535. The first-order valence-electron chi connectivity index (χ1n) is 6.14. The number of ether oxygens (including phenoxy) is 2. The molecule has 0 spiro atoms. The maximum atomic E-state index is 11.4. The number of fused-ring (bicyclic) bond motifs is 1. The van der Waals surface area contributed by atoms with Crippen molar-refractivity contribution in [3.63, 3.8) is 0 Å². The van der Waals surface area contributed by atoms with Crippen molar-refractivity contribution in [3.8, 4) is 16.9 Å². The van der Waals surface area contributed by atoms with Crippen molar-refractivity contribution in [1.82, 2.24) is 0 Å². The zero-order chi connectivity index (χ0) is 13.4. The van der Waals surface area contributed by atoms with E-state index in [2.05, 4.69) is 6.07 Å². The van der Waals surface area contributed by atoms with E-state index in [0.29, 0.717) is 12.2 Å². The molecule has 0 radical (unpaired) electrons. The number of carbonyl (C=O) groups excluding carboxylic acids is 1. The van der Waals surface area contributed by atoms with Gasteiger partial charge in [0.25, 0.3) is 0 Å². The van der Waals surface area contributed by atoms with E-state index in [9.17, 15) is 4.79 Å². The van der Waals surface area contributed by atoms with E-state index in [4.69, 9.17) is 9.47 Å². The predicted molar refractivity (Wildman–Crippen MR) is 72.3 cm³/mol. The molecule has 3 heteroatoms. The monoisotopic (exact) mass is 254 g/mol. The largest absolute Gasteiger partial charge is 0.496 e. The van der Waals surface area contributed by atoms with E-state index in [1.807, 2.05) is 37.3 Å². The quantitative estimate of drug-likeness (QED) is 0.771. The summed E-state index contributed by atoms with van der Waals surface area (Å²) in [7, 11) is 1.67. The first-order valence-corrected chi connectivity index (χ1v) is 6.14. The normalized spacial score (nSPS) is 13.1. The van der Waals surface area contributed by atoms with Gasteiger partial charge in [-0.05, 0) is 47.9 Å².